The molecule has 6 rings (SSSR count). The molecule has 118 heavy (non-hydrogen) atoms. The number of nitrogens with zero attached hydrogens (tertiary/aromatic N) is 4. The first-order valence-electron chi connectivity index (χ1n) is 41.7. The Morgan fingerprint density at radius 1 is 0.627 bits per heavy atom. The van der Waals surface area contributed by atoms with E-state index in [9.17, 15) is 57.8 Å². The molecule has 654 valence electrons. The number of ether oxygens (including phenoxy) is 4. The third-order valence-corrected chi connectivity index (χ3v) is 20.2. The minimum atomic E-state index is -1.58. The van der Waals surface area contributed by atoms with Gasteiger partial charge < -0.3 is 110 Å². The standard InChI is InChI=1S/C80H127N21O17/c1-2-3-28-60(93-77(112)65(49-81)90-71(106)53-118-45-43-116-41-39-87-70(105)52-117-44-42-115-40-38-86-68(103)33-19-14-12-10-8-6-4-5-7-9-11-13-18-32-67-97-99-100-98-67)73(108)94-62-34-35-69(104)85-36-23-22-30-59(72(82)107)91-76(111)64(47-55-50-89-58-29-21-20-27-57(55)58)95-74(109)61(31-24-37-88-80(83)84)92-75(110)63(46-54-25-16-15-17-26-54)96-78(113)66-48-56(102)51-101(66)79(62)114/h15-17,20-21,25-27,29,50,56,59-66,89,102H,2-14,18-19,22-24,28,30-49,51-53,81H2,1H3,(H2,82,107)(H,85,104)(H,86,103)(H,87,105)(H,90,106)(H,91,111)(H,92,110)(H,93,112)(H,94,108)(H,95,109)(H,96,113)(H4,83,84,88)(H,97,98,99,100)/t56-,59+,60+,61+,62+,63-,64+,65+,66+/m1/s1. The smallest absolute Gasteiger partial charge is 0.246 e. The minimum Gasteiger partial charge on any atom is -0.391 e. The van der Waals surface area contributed by atoms with Crippen molar-refractivity contribution < 1.29 is 81.6 Å². The summed E-state index contributed by atoms with van der Waals surface area (Å²) in [6, 6.07) is 4.56. The lowest BCUT2D eigenvalue weighted by molar-refractivity contribution is -0.143. The Balaban J connectivity index is 0.955. The second-order valence-electron chi connectivity index (χ2n) is 29.8. The molecule has 21 N–H and O–H groups in total. The van der Waals surface area contributed by atoms with Crippen LogP contribution in [-0.2, 0) is 95.7 Å². The van der Waals surface area contributed by atoms with Crippen LogP contribution in [0, 0.1) is 5.41 Å². The van der Waals surface area contributed by atoms with E-state index in [0.717, 1.165) is 53.7 Å². The molecule has 2 fully saturated rings. The van der Waals surface area contributed by atoms with Gasteiger partial charge in [-0.05, 0) is 85.4 Å². The lowest BCUT2D eigenvalue weighted by Crippen LogP contribution is -2.60. The Morgan fingerprint density at radius 3 is 1.90 bits per heavy atom. The molecule has 0 bridgehead atoms. The van der Waals surface area contributed by atoms with E-state index in [4.69, 9.17) is 41.6 Å². The van der Waals surface area contributed by atoms with Crippen molar-refractivity contribution in [1.82, 2.24) is 89.0 Å². The van der Waals surface area contributed by atoms with Crippen LogP contribution < -0.4 is 75.7 Å². The van der Waals surface area contributed by atoms with Gasteiger partial charge in [-0.1, -0.05) is 139 Å². The van der Waals surface area contributed by atoms with Crippen molar-refractivity contribution >= 4 is 87.7 Å². The number of guanidine groups is 1. The molecule has 2 aromatic heterocycles. The number of aliphatic hydroxyl groups is 1. The molecule has 0 saturated carbocycles. The van der Waals surface area contributed by atoms with Gasteiger partial charge in [-0.15, -0.1) is 5.10 Å². The summed E-state index contributed by atoms with van der Waals surface area (Å²) in [6.45, 7) is 1.80. The minimum absolute atomic E-state index is 0.000119. The van der Waals surface area contributed by atoms with E-state index < -0.39 is 133 Å². The number of amides is 12. The van der Waals surface area contributed by atoms with Crippen LogP contribution in [0.3, 0.4) is 0 Å². The molecule has 38 nitrogen and oxygen atoms in total. The second kappa shape index (κ2) is 56.2. The number of aryl methyl sites for hydroxylation is 1. The van der Waals surface area contributed by atoms with Gasteiger partial charge in [0.15, 0.2) is 5.96 Å². The molecule has 2 saturated heterocycles. The molecule has 4 heterocycles. The Morgan fingerprint density at radius 2 is 1.24 bits per heavy atom. The summed E-state index contributed by atoms with van der Waals surface area (Å²) in [6.07, 6.45) is 17.4. The fraction of sp³-hybridized carbons (Fsp3) is 0.650. The van der Waals surface area contributed by atoms with Crippen molar-refractivity contribution in [2.45, 2.75) is 241 Å². The fourth-order valence-electron chi connectivity index (χ4n) is 13.7. The lowest BCUT2D eigenvalue weighted by Gasteiger charge is -2.31. The maximum absolute atomic E-state index is 15.1. The van der Waals surface area contributed by atoms with Crippen molar-refractivity contribution in [3.63, 3.8) is 0 Å². The predicted octanol–water partition coefficient (Wildman–Crippen LogP) is -0.198. The highest BCUT2D eigenvalue weighted by atomic mass is 16.5. The van der Waals surface area contributed by atoms with E-state index in [0.29, 0.717) is 43.5 Å². The second-order valence-corrected chi connectivity index (χ2v) is 29.8. The maximum atomic E-state index is 15.1. The van der Waals surface area contributed by atoms with Gasteiger partial charge in [0, 0.05) is 94.9 Å². The molecule has 4 aromatic rings. The van der Waals surface area contributed by atoms with E-state index in [-0.39, 0.29) is 148 Å². The number of H-pyrrole nitrogens is 2. The Labute approximate surface area is 689 Å². The van der Waals surface area contributed by atoms with Gasteiger partial charge in [-0.25, -0.2) is 5.10 Å². The van der Waals surface area contributed by atoms with Crippen molar-refractivity contribution in [2.75, 3.05) is 92.1 Å². The first-order chi connectivity index (χ1) is 57.1. The Bertz CT molecular complexity index is 3730. The Hall–Kier alpha value is -10.3. The molecular formula is C80H127N21O17. The third-order valence-electron chi connectivity index (χ3n) is 20.2. The number of carbonyl (C=O) groups excluding carboxylic acids is 12. The van der Waals surface area contributed by atoms with Crippen LogP contribution in [0.15, 0.2) is 60.8 Å². The maximum Gasteiger partial charge on any atom is 0.246 e. The van der Waals surface area contributed by atoms with Crippen LogP contribution in [0.1, 0.15) is 184 Å². The number of hydrogen-bond acceptors (Lipinski definition) is 22. The molecule has 2 aliphatic rings. The summed E-state index contributed by atoms with van der Waals surface area (Å²) in [4.78, 5) is 171. The number of aliphatic hydroxyl groups excluding tert-OH is 1. The summed E-state index contributed by atoms with van der Waals surface area (Å²) in [5.74, 6) is -8.06. The normalized spacial score (nSPS) is 19.2. The molecule has 12 amide bonds. The zero-order chi connectivity index (χ0) is 85.1. The summed E-state index contributed by atoms with van der Waals surface area (Å²) in [5, 5.41) is 63.4. The van der Waals surface area contributed by atoms with Gasteiger partial charge in [0.05, 0.1) is 45.7 Å². The predicted molar refractivity (Wildman–Crippen MR) is 437 cm³/mol. The first-order valence-corrected chi connectivity index (χ1v) is 41.7. The zero-order valence-electron chi connectivity index (χ0n) is 68.2. The number of aromatic nitrogens is 5. The topological polar surface area (TPSA) is 570 Å². The molecule has 0 aliphatic carbocycles. The van der Waals surface area contributed by atoms with Gasteiger partial charge in [0.1, 0.15) is 67.4 Å². The number of benzene rings is 2. The van der Waals surface area contributed by atoms with E-state index in [1.807, 2.05) is 25.1 Å². The van der Waals surface area contributed by atoms with Crippen LogP contribution in [0.5, 0.6) is 0 Å². The average molecular weight is 1660 g/mol. The van der Waals surface area contributed by atoms with Crippen molar-refractivity contribution in [3.05, 3.63) is 77.7 Å². The number of tetrazole rings is 1. The summed E-state index contributed by atoms with van der Waals surface area (Å²) in [5.41, 5.74) is 19.4. The van der Waals surface area contributed by atoms with Crippen LogP contribution in [0.25, 0.3) is 10.9 Å². The quantitative estimate of drug-likeness (QED) is 0.0155. The van der Waals surface area contributed by atoms with Crippen LogP contribution in [0.4, 0.5) is 0 Å². The van der Waals surface area contributed by atoms with Gasteiger partial charge in [-0.3, -0.25) is 62.9 Å². The molecule has 0 spiro atoms. The number of nitrogens with one attached hydrogen (secondary N) is 14. The zero-order valence-corrected chi connectivity index (χ0v) is 68.2. The van der Waals surface area contributed by atoms with Crippen LogP contribution in [0.2, 0.25) is 0 Å². The number of para-hydroxylation sites is 1. The van der Waals surface area contributed by atoms with Gasteiger partial charge in [0.2, 0.25) is 70.9 Å². The number of unbranched alkanes of at least 4 members (excludes halogenated alkanes) is 13. The van der Waals surface area contributed by atoms with E-state index in [1.165, 1.54) is 57.8 Å². The number of rotatable bonds is 50. The largest absolute Gasteiger partial charge is 0.391 e. The number of hydrogen-bond donors (Lipinski definition) is 18. The highest BCUT2D eigenvalue weighted by Crippen LogP contribution is 2.24. The van der Waals surface area contributed by atoms with Crippen molar-refractivity contribution in [2.24, 2.45) is 17.2 Å². The number of nitrogens with two attached hydrogens (primary N) is 3. The SMILES string of the molecule is CCCC[C@H](NC(=O)[C@H](CN)NC(=O)COCCOCCNC(=O)COCCOCCNC(=O)CCCCCCCCCCCCCCCc1nnn[nH]1)C(=O)N[C@H]1CCC(=O)NCCCC[C@@H](C(N)=O)NC(=O)[C@H](Cc2c[nH]c3ccccc23)NC(=O)[C@H](CCCNC(=N)N)NC(=O)[C@@H](Cc2ccccc2)NC(=O)[C@@H]2C[C@@H](O)CN2C1=O. The molecule has 38 heteroatoms. The summed E-state index contributed by atoms with van der Waals surface area (Å²) >= 11 is 0. The summed E-state index contributed by atoms with van der Waals surface area (Å²) in [7, 11) is 0. The third kappa shape index (κ3) is 38.0. The summed E-state index contributed by atoms with van der Waals surface area (Å²) < 4.78 is 21.9. The highest BCUT2D eigenvalue weighted by molar-refractivity contribution is 5.99. The first kappa shape index (κ1) is 96.6. The molecule has 2 aromatic carbocycles. The van der Waals surface area contributed by atoms with Gasteiger partial charge in [0.25, 0.3) is 0 Å². The number of aromatic amines is 2. The molecule has 0 radical (unpaired) electrons. The molecule has 0 unspecified atom stereocenters. The number of carbonyl (C=O) groups is 12. The average Bonchev–Trinajstić information content (AvgIpc) is 1.65. The molecule has 9 atom stereocenters. The lowest BCUT2D eigenvalue weighted by atomic mass is 10.0. The van der Waals surface area contributed by atoms with Crippen molar-refractivity contribution in [1.29, 1.82) is 5.41 Å². The number of primary amides is 1. The number of fused-ring (bicyclic) bond motifs is 2. The molecule has 2 aliphatic heterocycles. The molecular weight excluding hydrogens is 1530 g/mol. The van der Waals surface area contributed by atoms with Gasteiger partial charge >= 0.3 is 0 Å². The van der Waals surface area contributed by atoms with E-state index >= 15 is 4.79 Å². The monoisotopic (exact) mass is 1650 g/mol. The van der Waals surface area contributed by atoms with Crippen LogP contribution >= 0.6 is 0 Å². The highest BCUT2D eigenvalue weighted by Gasteiger charge is 2.44. The van der Waals surface area contributed by atoms with E-state index in [2.05, 4.69) is 84.1 Å². The van der Waals surface area contributed by atoms with Crippen LogP contribution in [-0.4, -0.2) is 259 Å². The Kier molecular flexibility index (Phi) is 46.0. The van der Waals surface area contributed by atoms with E-state index in [1.54, 1.807) is 42.6 Å². The van der Waals surface area contributed by atoms with Gasteiger partial charge in [-0.2, -0.15) is 0 Å². The van der Waals surface area contributed by atoms with Crippen molar-refractivity contribution in [3.8, 4) is 0 Å². The fourth-order valence-corrected chi connectivity index (χ4v) is 13.7.